The van der Waals surface area contributed by atoms with Crippen LogP contribution in [0.1, 0.15) is 32.6 Å². The van der Waals surface area contributed by atoms with Gasteiger partial charge in [-0.15, -0.1) is 0 Å². The summed E-state index contributed by atoms with van der Waals surface area (Å²) in [5, 5.41) is 3.14. The topological polar surface area (TPSA) is 30.5 Å². The third-order valence-electron chi connectivity index (χ3n) is 2.00. The summed E-state index contributed by atoms with van der Waals surface area (Å²) in [7, 11) is 1.99. The van der Waals surface area contributed by atoms with Crippen molar-refractivity contribution in [2.45, 2.75) is 32.6 Å². The summed E-state index contributed by atoms with van der Waals surface area (Å²) in [6.45, 7) is 6.51. The molecule has 0 fully saturated rings. The lowest BCUT2D eigenvalue weighted by molar-refractivity contribution is 0.0861. The van der Waals surface area contributed by atoms with Crippen LogP contribution >= 0.6 is 0 Å². The molecule has 0 aliphatic carbocycles. The summed E-state index contributed by atoms with van der Waals surface area (Å²) in [6, 6.07) is 0. The summed E-state index contributed by atoms with van der Waals surface area (Å²) in [4.78, 5) is 0. The minimum absolute atomic E-state index is 0.810. The van der Waals surface area contributed by atoms with Gasteiger partial charge in [-0.2, -0.15) is 0 Å². The molecule has 14 heavy (non-hydrogen) atoms. The molecule has 0 aromatic carbocycles. The lowest BCUT2D eigenvalue weighted by Gasteiger charge is -2.04. The summed E-state index contributed by atoms with van der Waals surface area (Å²) in [5.41, 5.74) is 0. The number of hydrogen-bond donors (Lipinski definition) is 1. The Bertz CT molecular complexity index is 87.3. The molecule has 0 saturated carbocycles. The Hall–Kier alpha value is -0.120. The Morgan fingerprint density at radius 2 is 1.57 bits per heavy atom. The van der Waals surface area contributed by atoms with Gasteiger partial charge in [0.2, 0.25) is 0 Å². The second kappa shape index (κ2) is 12.9. The molecule has 0 atom stereocenters. The molecule has 0 heterocycles. The zero-order valence-corrected chi connectivity index (χ0v) is 9.68. The second-order valence-electron chi connectivity index (χ2n) is 3.33. The highest BCUT2D eigenvalue weighted by Gasteiger charge is 1.90. The third kappa shape index (κ3) is 11.9. The number of nitrogens with one attached hydrogen (secondary N) is 1. The first-order chi connectivity index (χ1) is 6.91. The molecule has 0 spiro atoms. The van der Waals surface area contributed by atoms with E-state index in [1.54, 1.807) is 0 Å². The van der Waals surface area contributed by atoms with Crippen molar-refractivity contribution < 1.29 is 9.47 Å². The van der Waals surface area contributed by atoms with Crippen molar-refractivity contribution in [2.75, 3.05) is 40.0 Å². The smallest absolute Gasteiger partial charge is 0.0487 e. The summed E-state index contributed by atoms with van der Waals surface area (Å²) in [5.74, 6) is 0. The first-order valence-electron chi connectivity index (χ1n) is 5.72. The van der Waals surface area contributed by atoms with Crippen LogP contribution in [-0.4, -0.2) is 40.0 Å². The standard InChI is InChI=1S/C11H25NO2/c1-3-13-10-7-11-14-9-6-4-5-8-12-2/h12H,3-11H2,1-2H3. The molecule has 0 unspecified atom stereocenters. The summed E-state index contributed by atoms with van der Waals surface area (Å²) < 4.78 is 10.7. The van der Waals surface area contributed by atoms with E-state index in [1.807, 2.05) is 14.0 Å². The quantitative estimate of drug-likeness (QED) is 0.520. The molecule has 0 aromatic rings. The molecule has 1 N–H and O–H groups in total. The van der Waals surface area contributed by atoms with Crippen molar-refractivity contribution in [1.82, 2.24) is 5.32 Å². The predicted molar refractivity (Wildman–Crippen MR) is 59.7 cm³/mol. The van der Waals surface area contributed by atoms with Crippen LogP contribution in [0.25, 0.3) is 0 Å². The van der Waals surface area contributed by atoms with Crippen LogP contribution in [0.15, 0.2) is 0 Å². The Labute approximate surface area is 88.2 Å². The molecular weight excluding hydrogens is 178 g/mol. The molecule has 0 amide bonds. The first-order valence-corrected chi connectivity index (χ1v) is 5.72. The van der Waals surface area contributed by atoms with Gasteiger partial charge in [0.05, 0.1) is 0 Å². The molecule has 0 radical (unpaired) electrons. The van der Waals surface area contributed by atoms with Gasteiger partial charge in [0.1, 0.15) is 0 Å². The molecule has 86 valence electrons. The fourth-order valence-electron chi connectivity index (χ4n) is 1.19. The number of hydrogen-bond acceptors (Lipinski definition) is 3. The molecule has 0 aliphatic heterocycles. The van der Waals surface area contributed by atoms with E-state index in [4.69, 9.17) is 9.47 Å². The predicted octanol–water partition coefficient (Wildman–Crippen LogP) is 1.82. The van der Waals surface area contributed by atoms with E-state index in [2.05, 4.69) is 5.32 Å². The maximum absolute atomic E-state index is 5.46. The van der Waals surface area contributed by atoms with Crippen LogP contribution < -0.4 is 5.32 Å². The van der Waals surface area contributed by atoms with Gasteiger partial charge < -0.3 is 14.8 Å². The van der Waals surface area contributed by atoms with E-state index >= 15 is 0 Å². The van der Waals surface area contributed by atoms with Crippen molar-refractivity contribution in [3.8, 4) is 0 Å². The minimum Gasteiger partial charge on any atom is -0.382 e. The highest BCUT2D eigenvalue weighted by atomic mass is 16.5. The first kappa shape index (κ1) is 13.9. The monoisotopic (exact) mass is 203 g/mol. The average Bonchev–Trinajstić information content (AvgIpc) is 2.21. The molecule has 3 heteroatoms. The maximum atomic E-state index is 5.46. The van der Waals surface area contributed by atoms with Crippen molar-refractivity contribution in [1.29, 1.82) is 0 Å². The van der Waals surface area contributed by atoms with Crippen molar-refractivity contribution in [3.05, 3.63) is 0 Å². The summed E-state index contributed by atoms with van der Waals surface area (Å²) >= 11 is 0. The zero-order valence-electron chi connectivity index (χ0n) is 9.68. The summed E-state index contributed by atoms with van der Waals surface area (Å²) in [6.07, 6.45) is 4.70. The van der Waals surface area contributed by atoms with Crippen molar-refractivity contribution in [2.24, 2.45) is 0 Å². The largest absolute Gasteiger partial charge is 0.382 e. The second-order valence-corrected chi connectivity index (χ2v) is 3.33. The van der Waals surface area contributed by atoms with E-state index < -0.39 is 0 Å². The molecule has 0 rings (SSSR count). The number of unbranched alkanes of at least 4 members (excludes halogenated alkanes) is 2. The Balaban J connectivity index is 2.78. The lowest BCUT2D eigenvalue weighted by atomic mass is 10.2. The van der Waals surface area contributed by atoms with E-state index in [9.17, 15) is 0 Å². The third-order valence-corrected chi connectivity index (χ3v) is 2.00. The molecule has 0 aromatic heterocycles. The van der Waals surface area contributed by atoms with Crippen LogP contribution in [0.4, 0.5) is 0 Å². The van der Waals surface area contributed by atoms with Gasteiger partial charge in [-0.3, -0.25) is 0 Å². The minimum atomic E-state index is 0.810. The Kier molecular flexibility index (Phi) is 12.8. The van der Waals surface area contributed by atoms with Gasteiger partial charge in [-0.05, 0) is 46.2 Å². The highest BCUT2D eigenvalue weighted by Crippen LogP contribution is 1.95. The SMILES string of the molecule is CCOCCCOCCCCCNC. The molecular formula is C11H25NO2. The Morgan fingerprint density at radius 1 is 0.857 bits per heavy atom. The normalized spacial score (nSPS) is 10.7. The average molecular weight is 203 g/mol. The van der Waals surface area contributed by atoms with Crippen LogP contribution in [-0.2, 0) is 9.47 Å². The van der Waals surface area contributed by atoms with Gasteiger partial charge in [0, 0.05) is 26.4 Å². The van der Waals surface area contributed by atoms with Gasteiger partial charge in [-0.25, -0.2) is 0 Å². The number of rotatable bonds is 11. The molecule has 3 nitrogen and oxygen atoms in total. The van der Waals surface area contributed by atoms with Gasteiger partial charge in [0.25, 0.3) is 0 Å². The highest BCUT2D eigenvalue weighted by molar-refractivity contribution is 4.44. The van der Waals surface area contributed by atoms with Gasteiger partial charge >= 0.3 is 0 Å². The van der Waals surface area contributed by atoms with E-state index in [1.165, 1.54) is 19.3 Å². The van der Waals surface area contributed by atoms with E-state index in [0.29, 0.717) is 0 Å². The van der Waals surface area contributed by atoms with Crippen LogP contribution in [0.5, 0.6) is 0 Å². The van der Waals surface area contributed by atoms with E-state index in [-0.39, 0.29) is 0 Å². The van der Waals surface area contributed by atoms with Crippen LogP contribution in [0.3, 0.4) is 0 Å². The maximum Gasteiger partial charge on any atom is 0.0487 e. The van der Waals surface area contributed by atoms with E-state index in [0.717, 1.165) is 39.4 Å². The van der Waals surface area contributed by atoms with Gasteiger partial charge in [-0.1, -0.05) is 0 Å². The fourth-order valence-corrected chi connectivity index (χ4v) is 1.19. The molecule has 0 saturated heterocycles. The zero-order chi connectivity index (χ0) is 10.5. The molecule has 0 aliphatic rings. The Morgan fingerprint density at radius 3 is 2.29 bits per heavy atom. The van der Waals surface area contributed by atoms with Crippen LogP contribution in [0.2, 0.25) is 0 Å². The lowest BCUT2D eigenvalue weighted by Crippen LogP contribution is -2.07. The fraction of sp³-hybridized carbons (Fsp3) is 1.00. The van der Waals surface area contributed by atoms with Crippen molar-refractivity contribution >= 4 is 0 Å². The van der Waals surface area contributed by atoms with Gasteiger partial charge in [0.15, 0.2) is 0 Å². The van der Waals surface area contributed by atoms with Crippen LogP contribution in [0, 0.1) is 0 Å². The van der Waals surface area contributed by atoms with Crippen molar-refractivity contribution in [3.63, 3.8) is 0 Å². The number of ether oxygens (including phenoxy) is 2. The molecule has 0 bridgehead atoms.